The van der Waals surface area contributed by atoms with Gasteiger partial charge < -0.3 is 10.3 Å². The van der Waals surface area contributed by atoms with Crippen molar-refractivity contribution in [1.29, 1.82) is 5.26 Å². The van der Waals surface area contributed by atoms with E-state index in [9.17, 15) is 9.59 Å². The van der Waals surface area contributed by atoms with Crippen LogP contribution in [0.3, 0.4) is 0 Å². The molecule has 3 aromatic rings. The van der Waals surface area contributed by atoms with Crippen LogP contribution in [0.1, 0.15) is 24.8 Å². The zero-order valence-corrected chi connectivity index (χ0v) is 15.9. The first-order valence-electron chi connectivity index (χ1n) is 9.64. The van der Waals surface area contributed by atoms with E-state index in [1.54, 1.807) is 4.90 Å². The van der Waals surface area contributed by atoms with Gasteiger partial charge in [0.2, 0.25) is 12.3 Å². The summed E-state index contributed by atoms with van der Waals surface area (Å²) in [5.74, 6) is 0.548. The van der Waals surface area contributed by atoms with Gasteiger partial charge in [0.15, 0.2) is 0 Å². The highest BCUT2D eigenvalue weighted by Gasteiger charge is 2.30. The van der Waals surface area contributed by atoms with Crippen molar-refractivity contribution in [3.8, 4) is 17.2 Å². The summed E-state index contributed by atoms with van der Waals surface area (Å²) in [5.41, 5.74) is 3.62. The Balaban J connectivity index is 1.59. The van der Waals surface area contributed by atoms with Crippen LogP contribution >= 0.6 is 0 Å². The van der Waals surface area contributed by atoms with Crippen molar-refractivity contribution in [2.24, 2.45) is 0 Å². The third-order valence-corrected chi connectivity index (χ3v) is 5.02. The molecule has 1 fully saturated rings. The molecule has 7 nitrogen and oxygen atoms in total. The van der Waals surface area contributed by atoms with E-state index in [0.717, 1.165) is 47.0 Å². The maximum absolute atomic E-state index is 11.9. The van der Waals surface area contributed by atoms with E-state index in [-0.39, 0.29) is 18.4 Å². The Morgan fingerprint density at radius 1 is 1.31 bits per heavy atom. The molecule has 7 heteroatoms. The van der Waals surface area contributed by atoms with E-state index in [4.69, 9.17) is 5.26 Å². The predicted octanol–water partition coefficient (Wildman–Crippen LogP) is 2.93. The van der Waals surface area contributed by atoms with Gasteiger partial charge in [0.05, 0.1) is 18.9 Å². The zero-order valence-electron chi connectivity index (χ0n) is 15.9. The lowest BCUT2D eigenvalue weighted by atomic mass is 10.0. The number of rotatable bonds is 8. The summed E-state index contributed by atoms with van der Waals surface area (Å²) in [6.07, 6.45) is 5.28. The average molecular weight is 387 g/mol. The number of anilines is 1. The van der Waals surface area contributed by atoms with Crippen LogP contribution in [0.4, 0.5) is 5.82 Å². The average Bonchev–Trinajstić information content (AvgIpc) is 3.44. The van der Waals surface area contributed by atoms with Crippen molar-refractivity contribution in [3.05, 3.63) is 48.2 Å². The maximum Gasteiger partial charge on any atom is 0.224 e. The zero-order chi connectivity index (χ0) is 20.2. The molecule has 0 aliphatic heterocycles. The highest BCUT2D eigenvalue weighted by Crippen LogP contribution is 2.35. The van der Waals surface area contributed by atoms with Crippen molar-refractivity contribution >= 4 is 29.2 Å². The molecule has 146 valence electrons. The first-order valence-corrected chi connectivity index (χ1v) is 9.64. The molecule has 4 rings (SSSR count). The summed E-state index contributed by atoms with van der Waals surface area (Å²) in [4.78, 5) is 33.0. The number of nitrogens with zero attached hydrogens (tertiary/aromatic N) is 3. The lowest BCUT2D eigenvalue weighted by Crippen LogP contribution is -2.25. The molecule has 1 aliphatic rings. The molecule has 0 saturated heterocycles. The van der Waals surface area contributed by atoms with Crippen molar-refractivity contribution in [3.63, 3.8) is 0 Å². The van der Waals surface area contributed by atoms with E-state index in [0.29, 0.717) is 18.8 Å². The minimum absolute atomic E-state index is 0.0988. The molecule has 0 atom stereocenters. The minimum Gasteiger partial charge on any atom is -0.355 e. The number of aromatic nitrogens is 2. The smallest absolute Gasteiger partial charge is 0.224 e. The van der Waals surface area contributed by atoms with Gasteiger partial charge in [-0.3, -0.25) is 14.5 Å². The number of carbonyl (C=O) groups excluding carboxylic acids is 2. The third-order valence-electron chi connectivity index (χ3n) is 5.02. The molecule has 0 bridgehead atoms. The lowest BCUT2D eigenvalue weighted by Gasteiger charge is -2.17. The van der Waals surface area contributed by atoms with Gasteiger partial charge in [-0.05, 0) is 41.7 Å². The Kier molecular flexibility index (Phi) is 5.25. The summed E-state index contributed by atoms with van der Waals surface area (Å²) in [7, 11) is 0. The number of hydrogen-bond donors (Lipinski definition) is 2. The van der Waals surface area contributed by atoms with Crippen molar-refractivity contribution in [1.82, 2.24) is 15.3 Å². The Labute approximate surface area is 168 Å². The first-order chi connectivity index (χ1) is 14.2. The minimum atomic E-state index is -0.0988. The molecule has 2 heterocycles. The second kappa shape index (κ2) is 8.15. The molecule has 0 radical (unpaired) electrons. The second-order valence-corrected chi connectivity index (χ2v) is 7.14. The molecule has 1 aromatic carbocycles. The van der Waals surface area contributed by atoms with Gasteiger partial charge in [0, 0.05) is 24.2 Å². The van der Waals surface area contributed by atoms with Gasteiger partial charge in [-0.1, -0.05) is 24.3 Å². The normalized spacial score (nSPS) is 13.1. The van der Waals surface area contributed by atoms with Gasteiger partial charge >= 0.3 is 0 Å². The van der Waals surface area contributed by atoms with Gasteiger partial charge in [0.1, 0.15) is 11.5 Å². The number of aromatic amines is 1. The topological polar surface area (TPSA) is 102 Å². The van der Waals surface area contributed by atoms with E-state index < -0.39 is 0 Å². The molecule has 1 aliphatic carbocycles. The summed E-state index contributed by atoms with van der Waals surface area (Å²) in [6.45, 7) is 0.368. The lowest BCUT2D eigenvalue weighted by molar-refractivity contribution is -0.120. The fraction of sp³-hybridized carbons (Fsp3) is 0.273. The fourth-order valence-corrected chi connectivity index (χ4v) is 3.38. The van der Waals surface area contributed by atoms with Crippen molar-refractivity contribution in [2.45, 2.75) is 31.7 Å². The first kappa shape index (κ1) is 18.7. The number of nitriles is 1. The van der Waals surface area contributed by atoms with Gasteiger partial charge in [-0.25, -0.2) is 4.98 Å². The van der Waals surface area contributed by atoms with E-state index in [2.05, 4.69) is 15.3 Å². The van der Waals surface area contributed by atoms with Crippen LogP contribution in [0.2, 0.25) is 0 Å². The number of hydrogen-bond acceptors (Lipinski definition) is 4. The Morgan fingerprint density at radius 2 is 2.10 bits per heavy atom. The molecule has 2 N–H and O–H groups in total. The standard InChI is InChI=1S/C22H21N5O2/c23-9-1-10-24-21(29)12-15-2-4-16(5-3-15)19-13-20(27(14-28)17-6-7-17)26-22-18(19)8-11-25-22/h2-5,8,11,13-14,17H,1,6-7,10,12H2,(H,24,29)(H,25,26). The summed E-state index contributed by atoms with van der Waals surface area (Å²) in [5, 5.41) is 12.3. The van der Waals surface area contributed by atoms with Gasteiger partial charge in [-0.15, -0.1) is 0 Å². The highest BCUT2D eigenvalue weighted by atomic mass is 16.1. The van der Waals surface area contributed by atoms with E-state index in [1.807, 2.05) is 48.7 Å². The molecule has 2 aromatic heterocycles. The molecule has 1 saturated carbocycles. The monoisotopic (exact) mass is 387 g/mol. The molecule has 0 unspecified atom stereocenters. The van der Waals surface area contributed by atoms with Gasteiger partial charge in [0.25, 0.3) is 0 Å². The third kappa shape index (κ3) is 4.11. The van der Waals surface area contributed by atoms with Crippen LogP contribution in [-0.2, 0) is 16.0 Å². The summed E-state index contributed by atoms with van der Waals surface area (Å²) in [6, 6.07) is 14.0. The Hall–Kier alpha value is -3.66. The predicted molar refractivity (Wildman–Crippen MR) is 110 cm³/mol. The largest absolute Gasteiger partial charge is 0.355 e. The number of pyridine rings is 1. The van der Waals surface area contributed by atoms with E-state index >= 15 is 0 Å². The molecule has 29 heavy (non-hydrogen) atoms. The van der Waals surface area contributed by atoms with Crippen LogP contribution in [0.5, 0.6) is 0 Å². The number of H-pyrrole nitrogens is 1. The summed E-state index contributed by atoms with van der Waals surface area (Å²) >= 11 is 0. The number of nitrogens with one attached hydrogen (secondary N) is 2. The van der Waals surface area contributed by atoms with Crippen LogP contribution in [-0.4, -0.2) is 34.9 Å². The van der Waals surface area contributed by atoms with Crippen LogP contribution in [0.15, 0.2) is 42.6 Å². The Bertz CT molecular complexity index is 1080. The number of fused-ring (bicyclic) bond motifs is 1. The molecular weight excluding hydrogens is 366 g/mol. The SMILES string of the molecule is N#CCCNC(=O)Cc1ccc(-c2cc(N(C=O)C3CC3)nc3[nH]ccc23)cc1. The summed E-state index contributed by atoms with van der Waals surface area (Å²) < 4.78 is 0. The second-order valence-electron chi connectivity index (χ2n) is 7.14. The quantitative estimate of drug-likeness (QED) is 0.458. The van der Waals surface area contributed by atoms with Crippen LogP contribution in [0, 0.1) is 11.3 Å². The molecule has 2 amide bonds. The van der Waals surface area contributed by atoms with Crippen LogP contribution in [0.25, 0.3) is 22.2 Å². The van der Waals surface area contributed by atoms with Crippen molar-refractivity contribution < 1.29 is 9.59 Å². The fourth-order valence-electron chi connectivity index (χ4n) is 3.38. The van der Waals surface area contributed by atoms with E-state index in [1.165, 1.54) is 0 Å². The molecule has 0 spiro atoms. The number of carbonyl (C=O) groups is 2. The maximum atomic E-state index is 11.9. The Morgan fingerprint density at radius 3 is 2.79 bits per heavy atom. The highest BCUT2D eigenvalue weighted by molar-refractivity contribution is 5.96. The van der Waals surface area contributed by atoms with Crippen molar-refractivity contribution in [2.75, 3.05) is 11.4 Å². The van der Waals surface area contributed by atoms with Gasteiger partial charge in [-0.2, -0.15) is 5.26 Å². The number of amides is 2. The molecular formula is C22H21N5O2. The number of benzene rings is 1. The van der Waals surface area contributed by atoms with Crippen LogP contribution < -0.4 is 10.2 Å².